The average molecular weight is 334 g/mol. The van der Waals surface area contributed by atoms with Crippen molar-refractivity contribution in [2.45, 2.75) is 0 Å². The summed E-state index contributed by atoms with van der Waals surface area (Å²) in [6.45, 7) is 0. The predicted molar refractivity (Wildman–Crippen MR) is 80.2 cm³/mol. The van der Waals surface area contributed by atoms with Crippen LogP contribution in [0.4, 0.5) is 5.69 Å². The number of nitrogen functional groups attached to an aromatic ring is 1. The Morgan fingerprint density at radius 1 is 1.00 bits per heavy atom. The molecule has 0 aliphatic carbocycles. The van der Waals surface area contributed by atoms with Gasteiger partial charge in [0, 0.05) is 10.0 Å². The molecule has 0 saturated carbocycles. The summed E-state index contributed by atoms with van der Waals surface area (Å²) in [7, 11) is 0. The van der Waals surface area contributed by atoms with Gasteiger partial charge in [0.15, 0.2) is 0 Å². The van der Waals surface area contributed by atoms with E-state index < -0.39 is 5.91 Å². The van der Waals surface area contributed by atoms with Crippen LogP contribution in [-0.2, 0) is 0 Å². The normalized spacial score (nSPS) is 9.90. The monoisotopic (exact) mass is 333 g/mol. The van der Waals surface area contributed by atoms with Gasteiger partial charge in [0.2, 0.25) is 0 Å². The van der Waals surface area contributed by atoms with Crippen LogP contribution in [0.2, 0.25) is 0 Å². The summed E-state index contributed by atoms with van der Waals surface area (Å²) >= 11 is 3.30. The molecule has 5 nitrogen and oxygen atoms in total. The summed E-state index contributed by atoms with van der Waals surface area (Å²) in [5.41, 5.74) is 3.24. The predicted octanol–water partition coefficient (Wildman–Crippen LogP) is 2.30. The molecule has 2 aromatic carbocycles. The van der Waals surface area contributed by atoms with Crippen LogP contribution in [0.3, 0.4) is 0 Å². The maximum atomic E-state index is 12.1. The fourth-order valence-electron chi connectivity index (χ4n) is 1.69. The third-order valence-electron chi connectivity index (χ3n) is 2.64. The van der Waals surface area contributed by atoms with Crippen LogP contribution in [-0.4, -0.2) is 11.8 Å². The molecule has 0 aliphatic rings. The summed E-state index contributed by atoms with van der Waals surface area (Å²) in [5, 5.41) is 2.69. The van der Waals surface area contributed by atoms with Crippen LogP contribution in [0.15, 0.2) is 53.0 Å². The largest absolute Gasteiger partial charge is 0.321 e. The molecule has 2 rings (SSSR count). The number of carbonyl (C=O) groups is 2. The Labute approximate surface area is 124 Å². The molecule has 2 amide bonds. The molecule has 6 heteroatoms. The Bertz CT molecular complexity index is 658. The zero-order valence-electron chi connectivity index (χ0n) is 10.4. The highest BCUT2D eigenvalue weighted by atomic mass is 79.9. The van der Waals surface area contributed by atoms with E-state index in [0.29, 0.717) is 16.8 Å². The van der Waals surface area contributed by atoms with Crippen molar-refractivity contribution in [3.8, 4) is 0 Å². The number of halogens is 1. The summed E-state index contributed by atoms with van der Waals surface area (Å²) in [6.07, 6.45) is 0. The van der Waals surface area contributed by atoms with E-state index in [-0.39, 0.29) is 5.91 Å². The molecule has 0 fully saturated rings. The molecule has 0 atom stereocenters. The van der Waals surface area contributed by atoms with Gasteiger partial charge >= 0.3 is 0 Å². The van der Waals surface area contributed by atoms with Crippen LogP contribution in [0.5, 0.6) is 0 Å². The quantitative estimate of drug-likeness (QED) is 0.457. The number of benzene rings is 2. The molecule has 0 aromatic heterocycles. The topological polar surface area (TPSA) is 84.2 Å². The van der Waals surface area contributed by atoms with Crippen LogP contribution < -0.4 is 16.6 Å². The summed E-state index contributed by atoms with van der Waals surface area (Å²) in [6, 6.07) is 13.6. The summed E-state index contributed by atoms with van der Waals surface area (Å²) in [5.74, 6) is 4.35. The number of para-hydroxylation sites is 1. The molecule has 0 unspecified atom stereocenters. The molecule has 102 valence electrons. The lowest BCUT2D eigenvalue weighted by Gasteiger charge is -2.10. The highest BCUT2D eigenvalue weighted by molar-refractivity contribution is 9.10. The zero-order chi connectivity index (χ0) is 14.5. The van der Waals surface area contributed by atoms with Gasteiger partial charge in [0.25, 0.3) is 11.8 Å². The minimum atomic E-state index is -0.463. The molecule has 0 spiro atoms. The van der Waals surface area contributed by atoms with Gasteiger partial charge in [-0.25, -0.2) is 5.84 Å². The van der Waals surface area contributed by atoms with Gasteiger partial charge in [0.05, 0.1) is 11.3 Å². The van der Waals surface area contributed by atoms with Gasteiger partial charge in [-0.1, -0.05) is 34.1 Å². The van der Waals surface area contributed by atoms with Gasteiger partial charge in [0.1, 0.15) is 0 Å². The van der Waals surface area contributed by atoms with Gasteiger partial charge in [-0.3, -0.25) is 15.0 Å². The average Bonchev–Trinajstić information content (AvgIpc) is 2.47. The first kappa shape index (κ1) is 14.2. The van der Waals surface area contributed by atoms with E-state index in [2.05, 4.69) is 21.2 Å². The third-order valence-corrected chi connectivity index (χ3v) is 3.13. The number of carbonyl (C=O) groups excluding carboxylic acids is 2. The molecule has 0 saturated heterocycles. The first-order valence-corrected chi connectivity index (χ1v) is 6.58. The van der Waals surface area contributed by atoms with Crippen molar-refractivity contribution >= 4 is 33.4 Å². The highest BCUT2D eigenvalue weighted by Crippen LogP contribution is 2.17. The molecule has 4 N–H and O–H groups in total. The molecule has 0 aliphatic heterocycles. The minimum Gasteiger partial charge on any atom is -0.321 e. The number of hydrazine groups is 1. The number of amides is 2. The SMILES string of the molecule is NNC(=O)c1ccccc1NC(=O)c1cccc(Br)c1. The Morgan fingerprint density at radius 3 is 2.45 bits per heavy atom. The standard InChI is InChI=1S/C14H12BrN3O2/c15-10-5-3-4-9(8-10)13(19)17-12-7-2-1-6-11(12)14(20)18-16/h1-8H,16H2,(H,17,19)(H,18,20). The second-order valence-electron chi connectivity index (χ2n) is 3.98. The van der Waals surface area contributed by atoms with Gasteiger partial charge in [-0.05, 0) is 30.3 Å². The van der Waals surface area contributed by atoms with E-state index in [9.17, 15) is 9.59 Å². The fourth-order valence-corrected chi connectivity index (χ4v) is 2.09. The van der Waals surface area contributed by atoms with Crippen LogP contribution >= 0.6 is 15.9 Å². The van der Waals surface area contributed by atoms with Crippen molar-refractivity contribution in [3.63, 3.8) is 0 Å². The van der Waals surface area contributed by atoms with Crippen molar-refractivity contribution in [3.05, 3.63) is 64.1 Å². The number of anilines is 1. The molecular formula is C14H12BrN3O2. The van der Waals surface area contributed by atoms with Crippen molar-refractivity contribution in [1.82, 2.24) is 5.43 Å². The summed E-state index contributed by atoms with van der Waals surface area (Å²) in [4.78, 5) is 23.7. The second-order valence-corrected chi connectivity index (χ2v) is 4.90. The number of nitrogens with two attached hydrogens (primary N) is 1. The van der Waals surface area contributed by atoms with Gasteiger partial charge < -0.3 is 5.32 Å². The molecule has 2 aromatic rings. The Hall–Kier alpha value is -2.18. The molecule has 20 heavy (non-hydrogen) atoms. The molecule has 0 bridgehead atoms. The molecule has 0 heterocycles. The highest BCUT2D eigenvalue weighted by Gasteiger charge is 2.13. The fraction of sp³-hybridized carbons (Fsp3) is 0. The van der Waals surface area contributed by atoms with E-state index in [0.717, 1.165) is 4.47 Å². The first-order chi connectivity index (χ1) is 9.61. The maximum absolute atomic E-state index is 12.1. The van der Waals surface area contributed by atoms with Crippen LogP contribution in [0.25, 0.3) is 0 Å². The van der Waals surface area contributed by atoms with E-state index in [1.807, 2.05) is 11.5 Å². The van der Waals surface area contributed by atoms with E-state index in [1.54, 1.807) is 42.5 Å². The van der Waals surface area contributed by atoms with E-state index in [4.69, 9.17) is 5.84 Å². The van der Waals surface area contributed by atoms with Gasteiger partial charge in [-0.15, -0.1) is 0 Å². The Kier molecular flexibility index (Phi) is 4.49. The van der Waals surface area contributed by atoms with Crippen molar-refractivity contribution in [2.24, 2.45) is 5.84 Å². The maximum Gasteiger partial charge on any atom is 0.267 e. The third kappa shape index (κ3) is 3.23. The van der Waals surface area contributed by atoms with Crippen LogP contribution in [0, 0.1) is 0 Å². The zero-order valence-corrected chi connectivity index (χ0v) is 12.0. The second kappa shape index (κ2) is 6.31. The Morgan fingerprint density at radius 2 is 1.75 bits per heavy atom. The number of nitrogens with one attached hydrogen (secondary N) is 2. The lowest BCUT2D eigenvalue weighted by Crippen LogP contribution is -2.31. The number of hydrogen-bond acceptors (Lipinski definition) is 3. The molecular weight excluding hydrogens is 322 g/mol. The van der Waals surface area contributed by atoms with Crippen molar-refractivity contribution in [1.29, 1.82) is 0 Å². The lowest BCUT2D eigenvalue weighted by molar-refractivity contribution is 0.0954. The van der Waals surface area contributed by atoms with Crippen LogP contribution in [0.1, 0.15) is 20.7 Å². The first-order valence-electron chi connectivity index (χ1n) is 5.78. The van der Waals surface area contributed by atoms with Gasteiger partial charge in [-0.2, -0.15) is 0 Å². The molecule has 0 radical (unpaired) electrons. The van der Waals surface area contributed by atoms with Crippen molar-refractivity contribution < 1.29 is 9.59 Å². The van der Waals surface area contributed by atoms with Crippen molar-refractivity contribution in [2.75, 3.05) is 5.32 Å². The van der Waals surface area contributed by atoms with E-state index in [1.165, 1.54) is 0 Å². The number of rotatable bonds is 3. The Balaban J connectivity index is 2.26. The number of hydrogen-bond donors (Lipinski definition) is 3. The summed E-state index contributed by atoms with van der Waals surface area (Å²) < 4.78 is 0.804. The minimum absolute atomic E-state index is 0.302. The van der Waals surface area contributed by atoms with E-state index >= 15 is 0 Å². The lowest BCUT2D eigenvalue weighted by atomic mass is 10.1. The smallest absolute Gasteiger partial charge is 0.267 e.